The van der Waals surface area contributed by atoms with E-state index in [1.165, 1.54) is 0 Å². The molecule has 1 N–H and O–H groups in total. The highest BCUT2D eigenvalue weighted by Crippen LogP contribution is 2.41. The van der Waals surface area contributed by atoms with E-state index in [0.717, 1.165) is 33.1 Å². The molecule has 0 bridgehead atoms. The number of rotatable bonds is 4. The summed E-state index contributed by atoms with van der Waals surface area (Å²) in [5.41, 5.74) is 2.10. The van der Waals surface area contributed by atoms with Crippen LogP contribution in [0.1, 0.15) is 26.3 Å². The number of aromatic nitrogens is 1. The summed E-state index contributed by atoms with van der Waals surface area (Å²) in [5.74, 6) is 0.910. The minimum Gasteiger partial charge on any atom is -0.493 e. The molecule has 3 aliphatic rings. The Morgan fingerprint density at radius 1 is 1.37 bits per heavy atom. The molecular formula is C21H29N3O4SSi. The largest absolute Gasteiger partial charge is 0.493 e. The van der Waals surface area contributed by atoms with Crippen molar-refractivity contribution in [1.82, 2.24) is 10.3 Å². The fourth-order valence-corrected chi connectivity index (χ4v) is 6.20. The van der Waals surface area contributed by atoms with Crippen molar-refractivity contribution in [3.8, 4) is 5.75 Å². The lowest BCUT2D eigenvalue weighted by Crippen LogP contribution is -2.48. The van der Waals surface area contributed by atoms with Gasteiger partial charge < -0.3 is 19.2 Å². The van der Waals surface area contributed by atoms with E-state index in [1.807, 2.05) is 12.1 Å². The zero-order valence-electron chi connectivity index (χ0n) is 18.2. The van der Waals surface area contributed by atoms with Gasteiger partial charge in [0, 0.05) is 12.0 Å². The Labute approximate surface area is 181 Å². The Morgan fingerprint density at radius 3 is 2.93 bits per heavy atom. The van der Waals surface area contributed by atoms with Crippen LogP contribution in [0.15, 0.2) is 12.1 Å². The van der Waals surface area contributed by atoms with E-state index >= 15 is 0 Å². The second kappa shape index (κ2) is 6.91. The van der Waals surface area contributed by atoms with Crippen LogP contribution in [0.4, 0.5) is 9.93 Å². The molecular weight excluding hydrogens is 418 g/mol. The van der Waals surface area contributed by atoms with Gasteiger partial charge in [0.05, 0.1) is 42.1 Å². The van der Waals surface area contributed by atoms with Crippen LogP contribution in [0, 0.1) is 0 Å². The van der Waals surface area contributed by atoms with Crippen LogP contribution in [0.2, 0.25) is 18.1 Å². The number of carbonyl (C=O) groups is 1. The fourth-order valence-electron chi connectivity index (χ4n) is 4.15. The molecule has 5 rings (SSSR count). The first-order valence-corrected chi connectivity index (χ1v) is 14.3. The molecule has 2 amide bonds. The molecule has 30 heavy (non-hydrogen) atoms. The van der Waals surface area contributed by atoms with Crippen LogP contribution >= 0.6 is 11.3 Å². The Balaban J connectivity index is 1.43. The van der Waals surface area contributed by atoms with Crippen LogP contribution in [-0.4, -0.2) is 57.3 Å². The summed E-state index contributed by atoms with van der Waals surface area (Å²) >= 11 is 1.55. The van der Waals surface area contributed by atoms with E-state index in [-0.39, 0.29) is 29.3 Å². The Hall–Kier alpha value is -1.68. The summed E-state index contributed by atoms with van der Waals surface area (Å²) in [5, 5.41) is 3.93. The predicted octanol–water partition coefficient (Wildman–Crippen LogP) is 3.92. The van der Waals surface area contributed by atoms with Gasteiger partial charge in [-0.1, -0.05) is 32.1 Å². The van der Waals surface area contributed by atoms with E-state index < -0.39 is 8.32 Å². The number of hydrogen-bond donors (Lipinski definition) is 1. The van der Waals surface area contributed by atoms with Crippen molar-refractivity contribution >= 4 is 41.0 Å². The molecule has 1 aromatic heterocycles. The highest BCUT2D eigenvalue weighted by Gasteiger charge is 2.51. The van der Waals surface area contributed by atoms with Crippen molar-refractivity contribution in [3.63, 3.8) is 0 Å². The van der Waals surface area contributed by atoms with Crippen molar-refractivity contribution in [2.45, 2.75) is 63.5 Å². The molecule has 4 heterocycles. The van der Waals surface area contributed by atoms with Gasteiger partial charge in [-0.3, -0.25) is 4.90 Å². The molecule has 0 spiro atoms. The van der Waals surface area contributed by atoms with Gasteiger partial charge in [-0.05, 0) is 30.3 Å². The predicted molar refractivity (Wildman–Crippen MR) is 120 cm³/mol. The summed E-state index contributed by atoms with van der Waals surface area (Å²) in [4.78, 5) is 19.5. The van der Waals surface area contributed by atoms with Gasteiger partial charge in [-0.15, -0.1) is 0 Å². The minimum atomic E-state index is -1.90. The Kier molecular flexibility index (Phi) is 4.66. The van der Waals surface area contributed by atoms with Crippen LogP contribution in [0.3, 0.4) is 0 Å². The Bertz CT molecular complexity index is 1000. The van der Waals surface area contributed by atoms with E-state index in [4.69, 9.17) is 18.9 Å². The molecule has 3 aliphatic heterocycles. The monoisotopic (exact) mass is 447 g/mol. The average molecular weight is 448 g/mol. The first kappa shape index (κ1) is 20.2. The SMILES string of the molecule is CC(C)(C)[Si](C)(C)OC[C@H]1OC[C@H]2NC(=O)N(c3nc4c5c(ccc4s3)OCC5)[C@H]21. The topological polar surface area (TPSA) is 72.9 Å². The number of benzene rings is 1. The lowest BCUT2D eigenvalue weighted by molar-refractivity contribution is 0.0546. The lowest BCUT2D eigenvalue weighted by atomic mass is 10.1. The number of carbonyl (C=O) groups excluding carboxylic acids is 1. The third-order valence-electron chi connectivity index (χ3n) is 6.95. The quantitative estimate of drug-likeness (QED) is 0.719. The molecule has 2 fully saturated rings. The number of urea groups is 1. The van der Waals surface area contributed by atoms with Crippen molar-refractivity contribution in [3.05, 3.63) is 17.7 Å². The first-order valence-electron chi connectivity index (χ1n) is 10.6. The van der Waals surface area contributed by atoms with E-state index in [9.17, 15) is 4.79 Å². The highest BCUT2D eigenvalue weighted by molar-refractivity contribution is 7.22. The van der Waals surface area contributed by atoms with Crippen LogP contribution in [-0.2, 0) is 15.6 Å². The highest BCUT2D eigenvalue weighted by atomic mass is 32.1. The number of thiazole rings is 1. The number of ether oxygens (including phenoxy) is 2. The second-order valence-electron chi connectivity index (χ2n) is 9.84. The second-order valence-corrected chi connectivity index (χ2v) is 15.7. The summed E-state index contributed by atoms with van der Waals surface area (Å²) in [6.45, 7) is 12.9. The molecule has 2 aromatic rings. The van der Waals surface area contributed by atoms with Gasteiger partial charge in [0.15, 0.2) is 13.4 Å². The molecule has 0 unspecified atom stereocenters. The number of anilines is 1. The third kappa shape index (κ3) is 3.14. The minimum absolute atomic E-state index is 0.0356. The normalized spacial score (nSPS) is 26.1. The van der Waals surface area contributed by atoms with Crippen molar-refractivity contribution in [2.75, 3.05) is 24.7 Å². The smallest absolute Gasteiger partial charge is 0.324 e. The van der Waals surface area contributed by atoms with Crippen LogP contribution in [0.5, 0.6) is 5.75 Å². The molecule has 1 aromatic carbocycles. The van der Waals surface area contributed by atoms with Gasteiger partial charge >= 0.3 is 6.03 Å². The summed E-state index contributed by atoms with van der Waals surface area (Å²) in [6, 6.07) is 3.81. The molecule has 9 heteroatoms. The number of nitrogens with one attached hydrogen (secondary N) is 1. The van der Waals surface area contributed by atoms with Crippen LogP contribution in [0.25, 0.3) is 10.2 Å². The molecule has 0 saturated carbocycles. The van der Waals surface area contributed by atoms with E-state index in [2.05, 4.69) is 39.2 Å². The zero-order valence-corrected chi connectivity index (χ0v) is 20.0. The first-order chi connectivity index (χ1) is 14.2. The third-order valence-corrected chi connectivity index (χ3v) is 12.5. The van der Waals surface area contributed by atoms with Crippen LogP contribution < -0.4 is 15.0 Å². The Morgan fingerprint density at radius 2 is 2.17 bits per heavy atom. The number of amides is 2. The molecule has 2 saturated heterocycles. The van der Waals surface area contributed by atoms with Gasteiger partial charge in [0.25, 0.3) is 0 Å². The number of fused-ring (bicyclic) bond motifs is 4. The molecule has 0 aliphatic carbocycles. The maximum absolute atomic E-state index is 12.9. The van der Waals surface area contributed by atoms with Crippen molar-refractivity contribution in [2.24, 2.45) is 0 Å². The molecule has 3 atom stereocenters. The molecule has 7 nitrogen and oxygen atoms in total. The number of nitrogens with zero attached hydrogens (tertiary/aromatic N) is 2. The summed E-state index contributed by atoms with van der Waals surface area (Å²) < 4.78 is 19.3. The van der Waals surface area contributed by atoms with Gasteiger partial charge in [-0.2, -0.15) is 0 Å². The molecule has 162 valence electrons. The van der Waals surface area contributed by atoms with Crippen molar-refractivity contribution < 1.29 is 18.7 Å². The van der Waals surface area contributed by atoms with Crippen molar-refractivity contribution in [1.29, 1.82) is 0 Å². The number of hydrogen-bond acceptors (Lipinski definition) is 6. The summed E-state index contributed by atoms with van der Waals surface area (Å²) in [6.07, 6.45) is 0.698. The fraction of sp³-hybridized carbons (Fsp3) is 0.619. The maximum Gasteiger partial charge on any atom is 0.324 e. The standard InChI is InChI=1S/C21H29N3O4SSi/c1-21(2,3)30(4,5)28-11-15-18-13(10-27-15)22-19(25)24(18)20-23-17-12-8-9-26-14(12)6-7-16(17)29-20/h6-7,13,15,18H,8-11H2,1-5H3,(H,22,25)/t13-,15-,18-/m1/s1. The summed E-state index contributed by atoms with van der Waals surface area (Å²) in [7, 11) is -1.90. The maximum atomic E-state index is 12.9. The zero-order chi connectivity index (χ0) is 21.3. The average Bonchev–Trinajstić information content (AvgIpc) is 3.40. The van der Waals surface area contributed by atoms with E-state index in [0.29, 0.717) is 19.8 Å². The lowest BCUT2D eigenvalue weighted by Gasteiger charge is -2.37. The molecule has 0 radical (unpaired) electrons. The van der Waals surface area contributed by atoms with Gasteiger partial charge in [0.2, 0.25) is 0 Å². The van der Waals surface area contributed by atoms with E-state index in [1.54, 1.807) is 16.2 Å². The van der Waals surface area contributed by atoms with Gasteiger partial charge in [-0.25, -0.2) is 9.78 Å². The van der Waals surface area contributed by atoms with Gasteiger partial charge in [0.1, 0.15) is 11.9 Å².